The molecule has 1 N–H and O–H groups in total. The standard InChI is InChI=1S/C13H17Br2NO2S/c1-18-13(17)11(10-7-9(14)12(15)19-10)16-8-5-3-2-4-6-8/h7-8,11,16H,2-6H2,1H3. The molecule has 1 atom stereocenters. The van der Waals surface area contributed by atoms with Gasteiger partial charge in [0.25, 0.3) is 0 Å². The van der Waals surface area contributed by atoms with E-state index < -0.39 is 0 Å². The Morgan fingerprint density at radius 1 is 1.42 bits per heavy atom. The molecule has 0 aromatic carbocycles. The fourth-order valence-corrected chi connectivity index (χ4v) is 4.53. The zero-order valence-corrected chi connectivity index (χ0v) is 14.7. The minimum Gasteiger partial charge on any atom is -0.468 e. The van der Waals surface area contributed by atoms with Gasteiger partial charge in [-0.25, -0.2) is 4.79 Å². The summed E-state index contributed by atoms with van der Waals surface area (Å²) in [6.45, 7) is 0. The van der Waals surface area contributed by atoms with Crippen LogP contribution < -0.4 is 5.32 Å². The van der Waals surface area contributed by atoms with Gasteiger partial charge < -0.3 is 4.74 Å². The molecule has 1 aromatic heterocycles. The SMILES string of the molecule is COC(=O)C(NC1CCCCC1)c1cc(Br)c(Br)s1. The van der Waals surface area contributed by atoms with Crippen molar-refractivity contribution in [1.82, 2.24) is 5.32 Å². The number of halogens is 2. The van der Waals surface area contributed by atoms with E-state index in [1.807, 2.05) is 6.07 Å². The van der Waals surface area contributed by atoms with Crippen LogP contribution in [0.3, 0.4) is 0 Å². The van der Waals surface area contributed by atoms with Crippen molar-refractivity contribution in [3.8, 4) is 0 Å². The summed E-state index contributed by atoms with van der Waals surface area (Å²) in [7, 11) is 1.44. The molecule has 0 amide bonds. The molecule has 3 nitrogen and oxygen atoms in total. The Kier molecular flexibility index (Phi) is 5.87. The molecule has 0 aliphatic heterocycles. The van der Waals surface area contributed by atoms with E-state index in [-0.39, 0.29) is 12.0 Å². The molecule has 1 aliphatic carbocycles. The first-order valence-electron chi connectivity index (χ1n) is 6.40. The van der Waals surface area contributed by atoms with Gasteiger partial charge in [0.1, 0.15) is 6.04 Å². The Hall–Kier alpha value is 0.0900. The molecule has 6 heteroatoms. The van der Waals surface area contributed by atoms with Gasteiger partial charge in [0.2, 0.25) is 0 Å². The van der Waals surface area contributed by atoms with Gasteiger partial charge in [-0.2, -0.15) is 0 Å². The van der Waals surface area contributed by atoms with Crippen LogP contribution in [0.4, 0.5) is 0 Å². The molecule has 0 saturated heterocycles. The third kappa shape index (κ3) is 4.03. The van der Waals surface area contributed by atoms with Crippen LogP contribution in [0.2, 0.25) is 0 Å². The zero-order chi connectivity index (χ0) is 13.8. The molecule has 1 aliphatic rings. The third-order valence-electron chi connectivity index (χ3n) is 3.39. The number of carbonyl (C=O) groups is 1. The fourth-order valence-electron chi connectivity index (χ4n) is 2.39. The second-order valence-corrected chi connectivity index (χ2v) is 7.98. The van der Waals surface area contributed by atoms with E-state index in [0.717, 1.165) is 26.0 Å². The van der Waals surface area contributed by atoms with Gasteiger partial charge in [0.15, 0.2) is 0 Å². The average Bonchev–Trinajstić information content (AvgIpc) is 2.76. The molecule has 1 unspecified atom stereocenters. The quantitative estimate of drug-likeness (QED) is 0.747. The Labute approximate surface area is 134 Å². The Bertz CT molecular complexity index is 424. The molecule has 1 saturated carbocycles. The second kappa shape index (κ2) is 7.20. The van der Waals surface area contributed by atoms with E-state index in [9.17, 15) is 4.79 Å². The summed E-state index contributed by atoms with van der Waals surface area (Å²) in [4.78, 5) is 13.0. The molecule has 0 radical (unpaired) electrons. The second-order valence-electron chi connectivity index (χ2n) is 4.73. The van der Waals surface area contributed by atoms with Gasteiger partial charge in [-0.05, 0) is 50.8 Å². The molecular formula is C13H17Br2NO2S. The summed E-state index contributed by atoms with van der Waals surface area (Å²) in [6.07, 6.45) is 6.06. The van der Waals surface area contributed by atoms with Crippen molar-refractivity contribution in [2.75, 3.05) is 7.11 Å². The Morgan fingerprint density at radius 2 is 2.11 bits per heavy atom. The van der Waals surface area contributed by atoms with Crippen molar-refractivity contribution in [3.63, 3.8) is 0 Å². The van der Waals surface area contributed by atoms with Crippen molar-refractivity contribution in [1.29, 1.82) is 0 Å². The topological polar surface area (TPSA) is 38.3 Å². The highest BCUT2D eigenvalue weighted by atomic mass is 79.9. The normalized spacial score (nSPS) is 18.3. The van der Waals surface area contributed by atoms with Crippen molar-refractivity contribution < 1.29 is 9.53 Å². The summed E-state index contributed by atoms with van der Waals surface area (Å²) in [5.74, 6) is -0.216. The van der Waals surface area contributed by atoms with Crippen LogP contribution in [0, 0.1) is 0 Å². The van der Waals surface area contributed by atoms with Crippen molar-refractivity contribution in [2.24, 2.45) is 0 Å². The average molecular weight is 411 g/mol. The van der Waals surface area contributed by atoms with E-state index in [4.69, 9.17) is 4.74 Å². The maximum absolute atomic E-state index is 12.0. The number of rotatable bonds is 4. The molecule has 0 bridgehead atoms. The number of hydrogen-bond donors (Lipinski definition) is 1. The van der Waals surface area contributed by atoms with Gasteiger partial charge in [0.05, 0.1) is 10.9 Å². The highest BCUT2D eigenvalue weighted by molar-refractivity contribution is 9.13. The maximum atomic E-state index is 12.0. The summed E-state index contributed by atoms with van der Waals surface area (Å²) in [5.41, 5.74) is 0. The van der Waals surface area contributed by atoms with E-state index in [1.165, 1.54) is 26.4 Å². The van der Waals surface area contributed by atoms with E-state index >= 15 is 0 Å². The minimum atomic E-state index is -0.360. The lowest BCUT2D eigenvalue weighted by Gasteiger charge is -2.26. The van der Waals surface area contributed by atoms with Crippen LogP contribution in [0.1, 0.15) is 43.0 Å². The number of methoxy groups -OCH3 is 1. The van der Waals surface area contributed by atoms with Crippen molar-refractivity contribution in [3.05, 3.63) is 19.2 Å². The smallest absolute Gasteiger partial charge is 0.328 e. The maximum Gasteiger partial charge on any atom is 0.328 e. The Morgan fingerprint density at radius 3 is 2.63 bits per heavy atom. The van der Waals surface area contributed by atoms with Crippen molar-refractivity contribution >= 4 is 49.2 Å². The van der Waals surface area contributed by atoms with Gasteiger partial charge in [0, 0.05) is 15.4 Å². The first-order chi connectivity index (χ1) is 9.11. The molecular weight excluding hydrogens is 394 g/mol. The first-order valence-corrected chi connectivity index (χ1v) is 8.80. The highest BCUT2D eigenvalue weighted by Crippen LogP contribution is 2.36. The number of nitrogens with one attached hydrogen (secondary N) is 1. The molecule has 106 valence electrons. The van der Waals surface area contributed by atoms with E-state index in [0.29, 0.717) is 6.04 Å². The number of esters is 1. The van der Waals surface area contributed by atoms with Gasteiger partial charge in [-0.3, -0.25) is 5.32 Å². The van der Waals surface area contributed by atoms with Crippen LogP contribution in [0.15, 0.2) is 14.3 Å². The van der Waals surface area contributed by atoms with Gasteiger partial charge in [-0.15, -0.1) is 11.3 Å². The minimum absolute atomic E-state index is 0.216. The van der Waals surface area contributed by atoms with Crippen LogP contribution >= 0.6 is 43.2 Å². The van der Waals surface area contributed by atoms with Crippen LogP contribution in [-0.2, 0) is 9.53 Å². The lowest BCUT2D eigenvalue weighted by molar-refractivity contribution is -0.143. The molecule has 1 fully saturated rings. The van der Waals surface area contributed by atoms with E-state index in [1.54, 1.807) is 11.3 Å². The molecule has 19 heavy (non-hydrogen) atoms. The van der Waals surface area contributed by atoms with Crippen LogP contribution in [0.25, 0.3) is 0 Å². The third-order valence-corrected chi connectivity index (χ3v) is 6.71. The van der Waals surface area contributed by atoms with Crippen LogP contribution in [0.5, 0.6) is 0 Å². The first kappa shape index (κ1) is 15.5. The molecule has 1 aromatic rings. The summed E-state index contributed by atoms with van der Waals surface area (Å²) < 4.78 is 6.91. The number of carbonyl (C=O) groups excluding carboxylic acids is 1. The summed E-state index contributed by atoms with van der Waals surface area (Å²) in [5, 5.41) is 3.46. The predicted octanol–water partition coefficient (Wildman–Crippen LogP) is 4.41. The lowest BCUT2D eigenvalue weighted by Crippen LogP contribution is -2.38. The number of ether oxygens (including phenoxy) is 1. The molecule has 2 rings (SSSR count). The van der Waals surface area contributed by atoms with Crippen LogP contribution in [-0.4, -0.2) is 19.1 Å². The highest BCUT2D eigenvalue weighted by Gasteiger charge is 2.27. The largest absolute Gasteiger partial charge is 0.468 e. The molecule has 0 spiro atoms. The van der Waals surface area contributed by atoms with Crippen molar-refractivity contribution in [2.45, 2.75) is 44.2 Å². The molecule has 1 heterocycles. The van der Waals surface area contributed by atoms with E-state index in [2.05, 4.69) is 37.2 Å². The Balaban J connectivity index is 2.13. The summed E-state index contributed by atoms with van der Waals surface area (Å²) >= 11 is 8.50. The zero-order valence-electron chi connectivity index (χ0n) is 10.7. The van der Waals surface area contributed by atoms with Gasteiger partial charge >= 0.3 is 5.97 Å². The number of hydrogen-bond acceptors (Lipinski definition) is 4. The monoisotopic (exact) mass is 409 g/mol. The summed E-state index contributed by atoms with van der Waals surface area (Å²) in [6, 6.07) is 2.03. The predicted molar refractivity (Wildman–Crippen MR) is 84.5 cm³/mol. The fraction of sp³-hybridized carbons (Fsp3) is 0.615. The number of thiophene rings is 1. The van der Waals surface area contributed by atoms with Gasteiger partial charge in [-0.1, -0.05) is 19.3 Å². The lowest BCUT2D eigenvalue weighted by atomic mass is 9.95.